The quantitative estimate of drug-likeness (QED) is 0.195. The minimum absolute atomic E-state index is 0.314. The van der Waals surface area contributed by atoms with Crippen molar-refractivity contribution < 1.29 is 27.7 Å². The number of rotatable bonds is 8. The molecule has 0 saturated heterocycles. The van der Waals surface area contributed by atoms with Gasteiger partial charge in [-0.05, 0) is 109 Å². The van der Waals surface area contributed by atoms with Gasteiger partial charge in [0.25, 0.3) is 0 Å². The normalized spacial score (nSPS) is 10.8. The van der Waals surface area contributed by atoms with E-state index in [1.807, 2.05) is 60.7 Å². The predicted octanol–water partition coefficient (Wildman–Crippen LogP) is 10.3. The van der Waals surface area contributed by atoms with Gasteiger partial charge in [0.1, 0.15) is 57.6 Å². The molecule has 0 aromatic heterocycles. The average Bonchev–Trinajstić information content (AvgIpc) is 2.98. The van der Waals surface area contributed by atoms with Gasteiger partial charge in [0.05, 0.1) is 0 Å². The van der Waals surface area contributed by atoms with Crippen molar-refractivity contribution in [1.29, 1.82) is 0 Å². The van der Waals surface area contributed by atoms with Crippen LogP contribution in [-0.4, -0.2) is 0 Å². The van der Waals surface area contributed by atoms with Gasteiger partial charge in [-0.15, -0.1) is 0 Å². The van der Waals surface area contributed by atoms with Crippen LogP contribution in [0.25, 0.3) is 10.8 Å². The maximum absolute atomic E-state index is 13.1. The van der Waals surface area contributed by atoms with Gasteiger partial charge in [0.15, 0.2) is 0 Å². The molecule has 196 valence electrons. The summed E-state index contributed by atoms with van der Waals surface area (Å²) < 4.78 is 50.2. The Morgan fingerprint density at radius 2 is 0.575 bits per heavy atom. The Kier molecular flexibility index (Phi) is 6.97. The molecule has 0 heterocycles. The Bertz CT molecular complexity index is 1600. The van der Waals surface area contributed by atoms with Crippen molar-refractivity contribution >= 4 is 10.8 Å². The molecule has 6 heteroatoms. The van der Waals surface area contributed by atoms with E-state index in [0.717, 1.165) is 10.8 Å². The highest BCUT2D eigenvalue weighted by Crippen LogP contribution is 2.37. The zero-order valence-electron chi connectivity index (χ0n) is 21.1. The molecule has 40 heavy (non-hydrogen) atoms. The largest absolute Gasteiger partial charge is 0.457 e. The summed E-state index contributed by atoms with van der Waals surface area (Å²) in [5.74, 6) is 4.33. The Hall–Kier alpha value is -5.36. The minimum atomic E-state index is -0.314. The van der Waals surface area contributed by atoms with Crippen LogP contribution < -0.4 is 18.9 Å². The molecule has 0 amide bonds. The molecule has 0 bridgehead atoms. The standard InChI is InChI=1S/C34H22F2O4/c35-23-7-11-25(12-8-23)37-27-15-19-29(20-16-27)39-33-5-1-3-31-32(33)4-2-6-34(31)40-30-21-17-28(18-22-30)38-26-13-9-24(36)10-14-26/h1-22H. The van der Waals surface area contributed by atoms with Crippen molar-refractivity contribution in [2.45, 2.75) is 0 Å². The number of hydrogen-bond acceptors (Lipinski definition) is 4. The van der Waals surface area contributed by atoms with Crippen molar-refractivity contribution in [3.63, 3.8) is 0 Å². The molecule has 6 aromatic carbocycles. The lowest BCUT2D eigenvalue weighted by molar-refractivity contribution is 0.469. The molecule has 6 rings (SSSR count). The van der Waals surface area contributed by atoms with Crippen molar-refractivity contribution in [2.24, 2.45) is 0 Å². The number of halogens is 2. The fourth-order valence-electron chi connectivity index (χ4n) is 4.11. The van der Waals surface area contributed by atoms with Crippen molar-refractivity contribution in [3.05, 3.63) is 145 Å². The van der Waals surface area contributed by atoms with E-state index < -0.39 is 0 Å². The van der Waals surface area contributed by atoms with Gasteiger partial charge in [-0.3, -0.25) is 0 Å². The van der Waals surface area contributed by atoms with E-state index in [4.69, 9.17) is 18.9 Å². The first-order valence-corrected chi connectivity index (χ1v) is 12.5. The molecule has 0 aliphatic rings. The first-order valence-electron chi connectivity index (χ1n) is 12.5. The highest BCUT2D eigenvalue weighted by molar-refractivity contribution is 5.93. The highest BCUT2D eigenvalue weighted by atomic mass is 19.1. The van der Waals surface area contributed by atoms with Crippen LogP contribution in [0.2, 0.25) is 0 Å². The van der Waals surface area contributed by atoms with Crippen LogP contribution in [0.3, 0.4) is 0 Å². The number of benzene rings is 6. The lowest BCUT2D eigenvalue weighted by Crippen LogP contribution is -1.90. The lowest BCUT2D eigenvalue weighted by atomic mass is 10.1. The molecule has 0 aliphatic carbocycles. The van der Waals surface area contributed by atoms with Gasteiger partial charge in [-0.1, -0.05) is 24.3 Å². The zero-order chi connectivity index (χ0) is 27.3. The fourth-order valence-corrected chi connectivity index (χ4v) is 4.11. The van der Waals surface area contributed by atoms with E-state index in [1.165, 1.54) is 24.3 Å². The SMILES string of the molecule is Fc1ccc(Oc2ccc(Oc3cccc4c(Oc5ccc(Oc6ccc(F)cc6)cc5)cccc34)cc2)cc1. The van der Waals surface area contributed by atoms with Crippen molar-refractivity contribution in [3.8, 4) is 46.0 Å². The molecule has 0 saturated carbocycles. The van der Waals surface area contributed by atoms with Crippen LogP contribution in [0.15, 0.2) is 133 Å². The van der Waals surface area contributed by atoms with Crippen LogP contribution in [0.5, 0.6) is 46.0 Å². The van der Waals surface area contributed by atoms with Gasteiger partial charge in [0.2, 0.25) is 0 Å². The molecule has 4 nitrogen and oxygen atoms in total. The van der Waals surface area contributed by atoms with Gasteiger partial charge < -0.3 is 18.9 Å². The van der Waals surface area contributed by atoms with Gasteiger partial charge in [0, 0.05) is 10.8 Å². The van der Waals surface area contributed by atoms with E-state index in [9.17, 15) is 8.78 Å². The van der Waals surface area contributed by atoms with Gasteiger partial charge >= 0.3 is 0 Å². The molecule has 0 fully saturated rings. The topological polar surface area (TPSA) is 36.9 Å². The van der Waals surface area contributed by atoms with E-state index in [-0.39, 0.29) is 11.6 Å². The molecular weight excluding hydrogens is 510 g/mol. The van der Waals surface area contributed by atoms with Crippen molar-refractivity contribution in [2.75, 3.05) is 0 Å². The number of hydrogen-bond donors (Lipinski definition) is 0. The van der Waals surface area contributed by atoms with Gasteiger partial charge in [-0.25, -0.2) is 8.78 Å². The van der Waals surface area contributed by atoms with E-state index in [0.29, 0.717) is 46.0 Å². The Labute approximate surface area is 229 Å². The molecule has 0 radical (unpaired) electrons. The maximum Gasteiger partial charge on any atom is 0.135 e. The smallest absolute Gasteiger partial charge is 0.135 e. The number of ether oxygens (including phenoxy) is 4. The predicted molar refractivity (Wildman–Crippen MR) is 150 cm³/mol. The molecule has 0 atom stereocenters. The molecule has 0 aliphatic heterocycles. The van der Waals surface area contributed by atoms with Crippen LogP contribution in [0.1, 0.15) is 0 Å². The Morgan fingerprint density at radius 3 is 0.900 bits per heavy atom. The molecule has 0 spiro atoms. The van der Waals surface area contributed by atoms with E-state index in [1.54, 1.807) is 48.5 Å². The summed E-state index contributed by atoms with van der Waals surface area (Å²) in [4.78, 5) is 0. The van der Waals surface area contributed by atoms with E-state index >= 15 is 0 Å². The maximum atomic E-state index is 13.1. The number of fused-ring (bicyclic) bond motifs is 1. The fraction of sp³-hybridized carbons (Fsp3) is 0. The van der Waals surface area contributed by atoms with Crippen LogP contribution in [-0.2, 0) is 0 Å². The van der Waals surface area contributed by atoms with E-state index in [2.05, 4.69) is 0 Å². The second kappa shape index (κ2) is 11.2. The van der Waals surface area contributed by atoms with Gasteiger partial charge in [-0.2, -0.15) is 0 Å². The first-order chi connectivity index (χ1) is 19.6. The first kappa shape index (κ1) is 24.9. The summed E-state index contributed by atoms with van der Waals surface area (Å²) in [6.45, 7) is 0. The average molecular weight is 533 g/mol. The summed E-state index contributed by atoms with van der Waals surface area (Å²) in [6.07, 6.45) is 0. The third kappa shape index (κ3) is 5.87. The summed E-state index contributed by atoms with van der Waals surface area (Å²) in [5, 5.41) is 1.78. The Balaban J connectivity index is 1.16. The highest BCUT2D eigenvalue weighted by Gasteiger charge is 2.10. The third-order valence-corrected chi connectivity index (χ3v) is 6.04. The van der Waals surface area contributed by atoms with Crippen LogP contribution in [0.4, 0.5) is 8.78 Å². The molecular formula is C34H22F2O4. The summed E-state index contributed by atoms with van der Waals surface area (Å²) in [5.41, 5.74) is 0. The minimum Gasteiger partial charge on any atom is -0.457 e. The summed E-state index contributed by atoms with van der Waals surface area (Å²) in [7, 11) is 0. The second-order valence-electron chi connectivity index (χ2n) is 8.87. The third-order valence-electron chi connectivity index (χ3n) is 6.04. The van der Waals surface area contributed by atoms with Crippen molar-refractivity contribution in [1.82, 2.24) is 0 Å². The lowest BCUT2D eigenvalue weighted by Gasteiger charge is -2.13. The van der Waals surface area contributed by atoms with Crippen LogP contribution >= 0.6 is 0 Å². The monoisotopic (exact) mass is 532 g/mol. The molecule has 0 unspecified atom stereocenters. The van der Waals surface area contributed by atoms with Crippen LogP contribution in [0, 0.1) is 11.6 Å². The zero-order valence-corrected chi connectivity index (χ0v) is 21.1. The Morgan fingerprint density at radius 1 is 0.300 bits per heavy atom. The summed E-state index contributed by atoms with van der Waals surface area (Å²) >= 11 is 0. The second-order valence-corrected chi connectivity index (χ2v) is 8.87. The molecule has 6 aromatic rings. The molecule has 0 N–H and O–H groups in total. The summed E-state index contributed by atoms with van der Waals surface area (Å²) in [6, 6.07) is 37.7.